The lowest BCUT2D eigenvalue weighted by molar-refractivity contribution is -0.0430. The van der Waals surface area contributed by atoms with Crippen molar-refractivity contribution >= 4 is 46.3 Å². The minimum Gasteiger partial charge on any atom is -0.488 e. The van der Waals surface area contributed by atoms with Crippen molar-refractivity contribution in [2.75, 3.05) is 24.7 Å². The SMILES string of the molecule is C=CCN(c1ccc(-c2nnc(-c3cc(F)c(OCC4COC(C)(C)N4C(=O)O)cc3Cl)s2)cc1Cl)C(C)C. The van der Waals surface area contributed by atoms with E-state index in [1.165, 1.54) is 23.5 Å². The number of aromatic nitrogens is 2. The van der Waals surface area contributed by atoms with Crippen molar-refractivity contribution in [3.63, 3.8) is 0 Å². The average molecular weight is 596 g/mol. The van der Waals surface area contributed by atoms with Crippen molar-refractivity contribution in [3.05, 3.63) is 58.8 Å². The molecule has 0 bridgehead atoms. The van der Waals surface area contributed by atoms with Crippen molar-refractivity contribution in [3.8, 4) is 26.9 Å². The topological polar surface area (TPSA) is 88.0 Å². The monoisotopic (exact) mass is 594 g/mol. The van der Waals surface area contributed by atoms with Crippen LogP contribution in [-0.2, 0) is 4.74 Å². The van der Waals surface area contributed by atoms with Crippen molar-refractivity contribution in [1.29, 1.82) is 0 Å². The summed E-state index contributed by atoms with van der Waals surface area (Å²) in [5.41, 5.74) is 1.03. The normalized spacial score (nSPS) is 16.5. The van der Waals surface area contributed by atoms with Gasteiger partial charge >= 0.3 is 6.09 Å². The number of carboxylic acid groups (broad SMARTS) is 1. The fourth-order valence-electron chi connectivity index (χ4n) is 4.43. The van der Waals surface area contributed by atoms with Gasteiger partial charge in [0.1, 0.15) is 22.3 Å². The summed E-state index contributed by atoms with van der Waals surface area (Å²) in [5, 5.41) is 19.8. The molecule has 1 saturated heterocycles. The second-order valence-corrected chi connectivity index (χ2v) is 11.5. The Morgan fingerprint density at radius 3 is 2.67 bits per heavy atom. The highest BCUT2D eigenvalue weighted by molar-refractivity contribution is 7.18. The summed E-state index contributed by atoms with van der Waals surface area (Å²) in [6, 6.07) is 7.90. The van der Waals surface area contributed by atoms with Crippen LogP contribution in [0.4, 0.5) is 14.9 Å². The fourth-order valence-corrected chi connectivity index (χ4v) is 5.89. The van der Waals surface area contributed by atoms with E-state index in [4.69, 9.17) is 32.7 Å². The van der Waals surface area contributed by atoms with Crippen molar-refractivity contribution in [2.45, 2.75) is 45.5 Å². The fraction of sp³-hybridized carbons (Fsp3) is 0.370. The lowest BCUT2D eigenvalue weighted by Crippen LogP contribution is -2.49. The number of hydrogen-bond acceptors (Lipinski definition) is 7. The smallest absolute Gasteiger partial charge is 0.410 e. The van der Waals surface area contributed by atoms with Gasteiger partial charge in [-0.05, 0) is 52.0 Å². The van der Waals surface area contributed by atoms with Gasteiger partial charge in [-0.3, -0.25) is 4.90 Å². The largest absolute Gasteiger partial charge is 0.488 e. The molecule has 0 spiro atoms. The lowest BCUT2D eigenvalue weighted by Gasteiger charge is -2.30. The summed E-state index contributed by atoms with van der Waals surface area (Å²) in [5.74, 6) is -0.755. The van der Waals surface area contributed by atoms with E-state index < -0.39 is 23.7 Å². The van der Waals surface area contributed by atoms with Crippen LogP contribution in [0, 0.1) is 5.82 Å². The molecular formula is C27H29Cl2FN4O4S. The van der Waals surface area contributed by atoms with Crippen LogP contribution < -0.4 is 9.64 Å². The van der Waals surface area contributed by atoms with Gasteiger partial charge in [-0.2, -0.15) is 0 Å². The molecule has 3 aromatic rings. The molecule has 208 valence electrons. The number of carbonyl (C=O) groups is 1. The number of amides is 1. The van der Waals surface area contributed by atoms with E-state index in [2.05, 4.69) is 35.5 Å². The molecule has 2 aromatic carbocycles. The number of nitrogens with zero attached hydrogens (tertiary/aromatic N) is 4. The number of halogens is 3. The maximum Gasteiger partial charge on any atom is 0.410 e. The maximum atomic E-state index is 15.0. The van der Waals surface area contributed by atoms with Crippen LogP contribution in [0.1, 0.15) is 27.7 Å². The van der Waals surface area contributed by atoms with Gasteiger partial charge in [-0.1, -0.05) is 40.6 Å². The minimum absolute atomic E-state index is 0.0942. The molecule has 0 radical (unpaired) electrons. The molecule has 1 aliphatic heterocycles. The predicted octanol–water partition coefficient (Wildman–Crippen LogP) is 7.21. The summed E-state index contributed by atoms with van der Waals surface area (Å²) in [4.78, 5) is 14.9. The van der Waals surface area contributed by atoms with Crippen LogP contribution in [-0.4, -0.2) is 63.9 Å². The van der Waals surface area contributed by atoms with E-state index in [0.717, 1.165) is 16.2 Å². The molecule has 0 saturated carbocycles. The summed E-state index contributed by atoms with van der Waals surface area (Å²) >= 11 is 14.3. The molecule has 1 unspecified atom stereocenters. The van der Waals surface area contributed by atoms with E-state index in [-0.39, 0.29) is 30.0 Å². The van der Waals surface area contributed by atoms with E-state index in [1.807, 2.05) is 24.3 Å². The molecule has 1 atom stereocenters. The third-order valence-corrected chi connectivity index (χ3v) is 7.96. The van der Waals surface area contributed by atoms with E-state index in [1.54, 1.807) is 13.8 Å². The van der Waals surface area contributed by atoms with E-state index >= 15 is 4.39 Å². The molecule has 4 rings (SSSR count). The zero-order chi connectivity index (χ0) is 28.5. The Morgan fingerprint density at radius 1 is 1.31 bits per heavy atom. The van der Waals surface area contributed by atoms with Crippen LogP contribution in [0.25, 0.3) is 21.1 Å². The first-order valence-corrected chi connectivity index (χ1v) is 13.8. The third kappa shape index (κ3) is 6.14. The molecule has 8 nitrogen and oxygen atoms in total. The van der Waals surface area contributed by atoms with Gasteiger partial charge in [0, 0.05) is 29.8 Å². The molecule has 1 amide bonds. The van der Waals surface area contributed by atoms with E-state index in [0.29, 0.717) is 27.1 Å². The number of ether oxygens (including phenoxy) is 2. The zero-order valence-electron chi connectivity index (χ0n) is 22.0. The highest BCUT2D eigenvalue weighted by atomic mass is 35.5. The molecule has 2 heterocycles. The Labute approximate surface area is 240 Å². The van der Waals surface area contributed by atoms with Crippen molar-refractivity contribution < 1.29 is 23.8 Å². The Hall–Kier alpha value is -2.92. The number of hydrogen-bond donors (Lipinski definition) is 1. The van der Waals surface area contributed by atoms with Crippen LogP contribution in [0.15, 0.2) is 43.0 Å². The van der Waals surface area contributed by atoms with Gasteiger partial charge in [0.25, 0.3) is 0 Å². The Morgan fingerprint density at radius 2 is 2.03 bits per heavy atom. The predicted molar refractivity (Wildman–Crippen MR) is 153 cm³/mol. The third-order valence-electron chi connectivity index (χ3n) is 6.34. The first-order chi connectivity index (χ1) is 18.4. The Balaban J connectivity index is 1.52. The second-order valence-electron chi connectivity index (χ2n) is 9.75. The molecular weight excluding hydrogens is 566 g/mol. The standard InChI is InChI=1S/C27H29Cl2FN4O4S/c1-6-9-33(15(2)3)22-8-7-16(10-20(22)29)24-31-32-25(39-24)18-11-21(30)23(12-19(18)28)37-13-17-14-38-27(4,5)34(17)26(35)36/h6-8,10-12,15,17H,1,9,13-14H2,2-5H3,(H,35,36). The van der Waals surface area contributed by atoms with Crippen LogP contribution >= 0.6 is 34.5 Å². The molecule has 12 heteroatoms. The molecule has 39 heavy (non-hydrogen) atoms. The summed E-state index contributed by atoms with van der Waals surface area (Å²) in [7, 11) is 0. The maximum absolute atomic E-state index is 15.0. The highest BCUT2D eigenvalue weighted by Crippen LogP contribution is 2.39. The number of benzene rings is 2. The van der Waals surface area contributed by atoms with E-state index in [9.17, 15) is 9.90 Å². The van der Waals surface area contributed by atoms with Crippen LogP contribution in [0.2, 0.25) is 10.0 Å². The van der Waals surface area contributed by atoms with Gasteiger partial charge < -0.3 is 19.5 Å². The van der Waals surface area contributed by atoms with Crippen LogP contribution in [0.3, 0.4) is 0 Å². The first-order valence-electron chi connectivity index (χ1n) is 12.2. The second kappa shape index (κ2) is 11.7. The Bertz CT molecular complexity index is 1380. The van der Waals surface area contributed by atoms with Gasteiger partial charge in [0.05, 0.1) is 28.4 Å². The zero-order valence-corrected chi connectivity index (χ0v) is 24.3. The Kier molecular flexibility index (Phi) is 8.70. The van der Waals surface area contributed by atoms with Crippen LogP contribution in [0.5, 0.6) is 5.75 Å². The molecule has 1 aliphatic rings. The van der Waals surface area contributed by atoms with Gasteiger partial charge in [0.2, 0.25) is 0 Å². The minimum atomic E-state index is -1.14. The summed E-state index contributed by atoms with van der Waals surface area (Å²) in [6.45, 7) is 12.0. The van der Waals surface area contributed by atoms with Crippen molar-refractivity contribution in [1.82, 2.24) is 15.1 Å². The summed E-state index contributed by atoms with van der Waals surface area (Å²) in [6.07, 6.45) is 0.687. The van der Waals surface area contributed by atoms with Gasteiger partial charge in [-0.25, -0.2) is 9.18 Å². The molecule has 1 aromatic heterocycles. The molecule has 0 aliphatic carbocycles. The highest BCUT2D eigenvalue weighted by Gasteiger charge is 2.44. The van der Waals surface area contributed by atoms with Gasteiger partial charge in [-0.15, -0.1) is 16.8 Å². The number of anilines is 1. The lowest BCUT2D eigenvalue weighted by atomic mass is 10.1. The first kappa shape index (κ1) is 29.1. The average Bonchev–Trinajstić information content (AvgIpc) is 3.47. The molecule has 1 fully saturated rings. The quantitative estimate of drug-likeness (QED) is 0.262. The van der Waals surface area contributed by atoms with Crippen molar-refractivity contribution in [2.24, 2.45) is 0 Å². The van der Waals surface area contributed by atoms with Gasteiger partial charge in [0.15, 0.2) is 11.6 Å². The number of rotatable bonds is 9. The summed E-state index contributed by atoms with van der Waals surface area (Å²) < 4.78 is 26.2. The molecule has 1 N–H and O–H groups in total.